The number of nitrogen functional groups attached to an aromatic ring is 1. The Balaban J connectivity index is 1.83. The topological polar surface area (TPSA) is 64.0 Å². The average Bonchev–Trinajstić information content (AvgIpc) is 2.99. The Kier molecular flexibility index (Phi) is 4.69. The molecule has 1 heterocycles. The van der Waals surface area contributed by atoms with Gasteiger partial charge in [-0.2, -0.15) is 5.26 Å². The third-order valence-corrected chi connectivity index (χ3v) is 5.08. The van der Waals surface area contributed by atoms with Crippen LogP contribution < -0.4 is 10.5 Å². The van der Waals surface area contributed by atoms with Crippen LogP contribution in [0.25, 0.3) is 16.6 Å². The van der Waals surface area contributed by atoms with Crippen LogP contribution in [0.3, 0.4) is 0 Å². The first-order valence-corrected chi connectivity index (χ1v) is 9.27. The Hall–Kier alpha value is -3.78. The van der Waals surface area contributed by atoms with Crippen LogP contribution >= 0.6 is 0 Å². The third-order valence-electron chi connectivity index (χ3n) is 5.08. The van der Waals surface area contributed by atoms with Gasteiger partial charge in [-0.05, 0) is 55.3 Å². The Morgan fingerprint density at radius 2 is 1.83 bits per heavy atom. The van der Waals surface area contributed by atoms with Crippen LogP contribution in [0.2, 0.25) is 0 Å². The molecular formula is C24H20FN3O. The highest BCUT2D eigenvalue weighted by molar-refractivity contribution is 5.93. The summed E-state index contributed by atoms with van der Waals surface area (Å²) in [6.07, 6.45) is 0. The first kappa shape index (κ1) is 18.6. The fraction of sp³-hybridized carbons (Fsp3) is 0.125. The number of nitrogens with two attached hydrogens (primary N) is 1. The van der Waals surface area contributed by atoms with E-state index in [1.165, 1.54) is 6.07 Å². The molecular weight excluding hydrogens is 365 g/mol. The Bertz CT molecular complexity index is 1250. The first-order chi connectivity index (χ1) is 14.0. The van der Waals surface area contributed by atoms with Crippen molar-refractivity contribution < 1.29 is 9.13 Å². The summed E-state index contributed by atoms with van der Waals surface area (Å²) >= 11 is 0. The highest BCUT2D eigenvalue weighted by atomic mass is 19.1. The number of rotatable bonds is 4. The molecule has 0 aliphatic rings. The standard InChI is InChI=1S/C24H20FN3O/c1-15-10-18(8-9-21(15)25)28-16(2)20(13-26)19-11-24(22(27)12-23(19)28)29-14-17-6-4-3-5-7-17/h3-12H,14,27H2,1-2H3. The molecule has 0 aliphatic heterocycles. The maximum Gasteiger partial charge on any atom is 0.143 e. The number of aromatic nitrogens is 1. The fourth-order valence-electron chi connectivity index (χ4n) is 3.56. The lowest BCUT2D eigenvalue weighted by Gasteiger charge is -2.12. The minimum absolute atomic E-state index is 0.264. The van der Waals surface area contributed by atoms with Gasteiger partial charge < -0.3 is 15.0 Å². The Labute approximate surface area is 168 Å². The molecule has 0 amide bonds. The number of anilines is 1. The van der Waals surface area contributed by atoms with Gasteiger partial charge >= 0.3 is 0 Å². The predicted octanol–water partition coefficient (Wildman–Crippen LogP) is 5.42. The number of nitriles is 1. The van der Waals surface area contributed by atoms with E-state index < -0.39 is 0 Å². The molecule has 4 aromatic rings. The Morgan fingerprint density at radius 1 is 1.07 bits per heavy atom. The van der Waals surface area contributed by atoms with E-state index in [0.29, 0.717) is 29.2 Å². The lowest BCUT2D eigenvalue weighted by atomic mass is 10.1. The number of benzene rings is 3. The van der Waals surface area contributed by atoms with Crippen molar-refractivity contribution in [3.05, 3.63) is 88.9 Å². The zero-order chi connectivity index (χ0) is 20.5. The summed E-state index contributed by atoms with van der Waals surface area (Å²) in [5.74, 6) is 0.268. The monoisotopic (exact) mass is 385 g/mol. The van der Waals surface area contributed by atoms with E-state index in [4.69, 9.17) is 10.5 Å². The van der Waals surface area contributed by atoms with Crippen molar-refractivity contribution in [2.75, 3.05) is 5.73 Å². The smallest absolute Gasteiger partial charge is 0.143 e. The van der Waals surface area contributed by atoms with E-state index in [1.54, 1.807) is 19.1 Å². The van der Waals surface area contributed by atoms with Gasteiger partial charge in [-0.3, -0.25) is 0 Å². The van der Waals surface area contributed by atoms with Crippen molar-refractivity contribution in [3.8, 4) is 17.5 Å². The summed E-state index contributed by atoms with van der Waals surface area (Å²) in [4.78, 5) is 0. The number of fused-ring (bicyclic) bond motifs is 1. The van der Waals surface area contributed by atoms with Crippen LogP contribution in [-0.2, 0) is 6.61 Å². The van der Waals surface area contributed by atoms with Gasteiger partial charge in [0, 0.05) is 16.8 Å². The van der Waals surface area contributed by atoms with Gasteiger partial charge in [0.15, 0.2) is 0 Å². The molecule has 0 aliphatic carbocycles. The molecule has 0 bridgehead atoms. The van der Waals surface area contributed by atoms with Crippen LogP contribution in [0.15, 0.2) is 60.7 Å². The van der Waals surface area contributed by atoms with Gasteiger partial charge in [0.1, 0.15) is 24.2 Å². The molecule has 0 spiro atoms. The van der Waals surface area contributed by atoms with Crippen LogP contribution in [0.1, 0.15) is 22.4 Å². The highest BCUT2D eigenvalue weighted by Crippen LogP contribution is 2.35. The molecule has 4 nitrogen and oxygen atoms in total. The van der Waals surface area contributed by atoms with E-state index >= 15 is 0 Å². The second kappa shape index (κ2) is 7.33. The van der Waals surface area contributed by atoms with Gasteiger partial charge in [0.25, 0.3) is 0 Å². The van der Waals surface area contributed by atoms with Crippen LogP contribution in [0.4, 0.5) is 10.1 Å². The lowest BCUT2D eigenvalue weighted by Crippen LogP contribution is -2.01. The molecule has 0 saturated carbocycles. The largest absolute Gasteiger partial charge is 0.487 e. The molecule has 5 heteroatoms. The normalized spacial score (nSPS) is 10.8. The highest BCUT2D eigenvalue weighted by Gasteiger charge is 2.18. The fourth-order valence-corrected chi connectivity index (χ4v) is 3.56. The first-order valence-electron chi connectivity index (χ1n) is 9.27. The molecule has 29 heavy (non-hydrogen) atoms. The quantitative estimate of drug-likeness (QED) is 0.477. The molecule has 0 saturated heterocycles. The van der Waals surface area contributed by atoms with E-state index in [9.17, 15) is 9.65 Å². The maximum atomic E-state index is 13.7. The minimum atomic E-state index is -0.264. The summed E-state index contributed by atoms with van der Waals surface area (Å²) in [5, 5.41) is 10.5. The number of aryl methyl sites for hydroxylation is 1. The molecule has 4 rings (SSSR count). The van der Waals surface area contributed by atoms with Crippen LogP contribution in [0, 0.1) is 31.0 Å². The van der Waals surface area contributed by atoms with Gasteiger partial charge in [-0.15, -0.1) is 0 Å². The molecule has 0 unspecified atom stereocenters. The van der Waals surface area contributed by atoms with E-state index in [1.807, 2.05) is 54.0 Å². The molecule has 144 valence electrons. The van der Waals surface area contributed by atoms with Crippen molar-refractivity contribution >= 4 is 16.6 Å². The van der Waals surface area contributed by atoms with Crippen molar-refractivity contribution in [1.29, 1.82) is 5.26 Å². The molecule has 3 aromatic carbocycles. The van der Waals surface area contributed by atoms with Gasteiger partial charge in [-0.25, -0.2) is 4.39 Å². The second-order valence-corrected chi connectivity index (χ2v) is 7.02. The van der Waals surface area contributed by atoms with Crippen molar-refractivity contribution in [2.24, 2.45) is 0 Å². The van der Waals surface area contributed by atoms with Gasteiger partial charge in [-0.1, -0.05) is 30.3 Å². The SMILES string of the molecule is Cc1cc(-n2c(C)c(C#N)c3cc(OCc4ccccc4)c(N)cc32)ccc1F. The van der Waals surface area contributed by atoms with Crippen molar-refractivity contribution in [1.82, 2.24) is 4.57 Å². The van der Waals surface area contributed by atoms with E-state index in [-0.39, 0.29) is 5.82 Å². The molecule has 0 fully saturated rings. The number of halogens is 1. The van der Waals surface area contributed by atoms with Gasteiger partial charge in [0.05, 0.1) is 16.8 Å². The molecule has 0 atom stereocenters. The van der Waals surface area contributed by atoms with Crippen molar-refractivity contribution in [3.63, 3.8) is 0 Å². The lowest BCUT2D eigenvalue weighted by molar-refractivity contribution is 0.308. The van der Waals surface area contributed by atoms with E-state index in [0.717, 1.165) is 27.8 Å². The average molecular weight is 385 g/mol. The summed E-state index contributed by atoms with van der Waals surface area (Å²) < 4.78 is 21.6. The van der Waals surface area contributed by atoms with Crippen molar-refractivity contribution in [2.45, 2.75) is 20.5 Å². The molecule has 1 aromatic heterocycles. The zero-order valence-electron chi connectivity index (χ0n) is 16.2. The second-order valence-electron chi connectivity index (χ2n) is 7.02. The Morgan fingerprint density at radius 3 is 2.52 bits per heavy atom. The van der Waals surface area contributed by atoms with E-state index in [2.05, 4.69) is 6.07 Å². The number of hydrogen-bond donors (Lipinski definition) is 1. The number of hydrogen-bond acceptors (Lipinski definition) is 3. The summed E-state index contributed by atoms with van der Waals surface area (Å²) in [7, 11) is 0. The number of nitrogens with zero attached hydrogens (tertiary/aromatic N) is 2. The summed E-state index contributed by atoms with van der Waals surface area (Å²) in [5.41, 5.74) is 11.2. The minimum Gasteiger partial charge on any atom is -0.487 e. The van der Waals surface area contributed by atoms with Gasteiger partial charge in [0.2, 0.25) is 0 Å². The summed E-state index contributed by atoms with van der Waals surface area (Å²) in [6, 6.07) is 20.6. The van der Waals surface area contributed by atoms with Crippen LogP contribution in [0.5, 0.6) is 5.75 Å². The third kappa shape index (κ3) is 3.30. The molecule has 2 N–H and O–H groups in total. The van der Waals surface area contributed by atoms with Crippen LogP contribution in [-0.4, -0.2) is 4.57 Å². The molecule has 0 radical (unpaired) electrons. The summed E-state index contributed by atoms with van der Waals surface area (Å²) in [6.45, 7) is 3.97. The number of ether oxygens (including phenoxy) is 1. The predicted molar refractivity (Wildman–Crippen MR) is 113 cm³/mol. The zero-order valence-corrected chi connectivity index (χ0v) is 16.2. The maximum absolute atomic E-state index is 13.7.